The third-order valence-electron chi connectivity index (χ3n) is 4.53. The fourth-order valence-electron chi connectivity index (χ4n) is 3.43. The van der Waals surface area contributed by atoms with Crippen LogP contribution in [0, 0.1) is 5.92 Å². The van der Waals surface area contributed by atoms with Crippen molar-refractivity contribution in [2.75, 3.05) is 14.1 Å². The lowest BCUT2D eigenvalue weighted by Crippen LogP contribution is -2.71. The van der Waals surface area contributed by atoms with E-state index in [9.17, 15) is 9.59 Å². The van der Waals surface area contributed by atoms with Gasteiger partial charge in [-0.25, -0.2) is 9.59 Å². The van der Waals surface area contributed by atoms with E-state index in [1.54, 1.807) is 23.9 Å². The zero-order valence-corrected chi connectivity index (χ0v) is 12.4. The van der Waals surface area contributed by atoms with Gasteiger partial charge < -0.3 is 20.4 Å². The van der Waals surface area contributed by atoms with Gasteiger partial charge in [0.1, 0.15) is 6.17 Å². The number of urea groups is 2. The third-order valence-corrected chi connectivity index (χ3v) is 4.53. The third kappa shape index (κ3) is 2.11. The molecule has 0 aliphatic carbocycles. The normalized spacial score (nSPS) is 32.3. The molecule has 2 fully saturated rings. The van der Waals surface area contributed by atoms with E-state index in [2.05, 4.69) is 10.6 Å². The van der Waals surface area contributed by atoms with Crippen molar-refractivity contribution < 1.29 is 9.59 Å². The minimum Gasteiger partial charge on any atom is -0.335 e. The van der Waals surface area contributed by atoms with E-state index in [1.807, 2.05) is 37.3 Å². The van der Waals surface area contributed by atoms with E-state index in [1.165, 1.54) is 0 Å². The molecule has 2 N–H and O–H groups in total. The highest BCUT2D eigenvalue weighted by Gasteiger charge is 2.49. The molecule has 4 unspecified atom stereocenters. The molecule has 1 aromatic carbocycles. The van der Waals surface area contributed by atoms with Crippen molar-refractivity contribution in [1.82, 2.24) is 20.4 Å². The van der Waals surface area contributed by atoms with Gasteiger partial charge in [0.2, 0.25) is 0 Å². The average Bonchev–Trinajstić information content (AvgIpc) is 2.48. The summed E-state index contributed by atoms with van der Waals surface area (Å²) in [5, 5.41) is 6.03. The lowest BCUT2D eigenvalue weighted by atomic mass is 9.81. The Balaban J connectivity index is 2.02. The molecule has 3 rings (SSSR count). The van der Waals surface area contributed by atoms with Crippen LogP contribution in [0.25, 0.3) is 0 Å². The highest BCUT2D eigenvalue weighted by molar-refractivity contribution is 5.80. The lowest BCUT2D eigenvalue weighted by molar-refractivity contribution is 0.00187. The number of amides is 4. The molecule has 21 heavy (non-hydrogen) atoms. The number of fused-ring (bicyclic) bond motifs is 1. The van der Waals surface area contributed by atoms with E-state index in [-0.39, 0.29) is 36.2 Å². The fourth-order valence-corrected chi connectivity index (χ4v) is 3.43. The standard InChI is InChI=1S/C15H20N4O2/c1-9-11-12(10-7-5-4-6-8-10)17-15(21)19(3)13(11)18(2)14(20)16-9/h4-9,11-13H,1-3H3,(H,16,20)(H,17,21). The lowest BCUT2D eigenvalue weighted by Gasteiger charge is -2.53. The maximum absolute atomic E-state index is 12.2. The zero-order chi connectivity index (χ0) is 15.1. The monoisotopic (exact) mass is 288 g/mol. The first-order chi connectivity index (χ1) is 10.0. The van der Waals surface area contributed by atoms with E-state index in [0.717, 1.165) is 5.56 Å². The van der Waals surface area contributed by atoms with Crippen LogP contribution in [0.1, 0.15) is 18.5 Å². The van der Waals surface area contributed by atoms with Gasteiger partial charge in [-0.1, -0.05) is 30.3 Å². The van der Waals surface area contributed by atoms with Gasteiger partial charge >= 0.3 is 12.1 Å². The van der Waals surface area contributed by atoms with E-state index >= 15 is 0 Å². The van der Waals surface area contributed by atoms with Crippen LogP contribution in [0.15, 0.2) is 30.3 Å². The summed E-state index contributed by atoms with van der Waals surface area (Å²) in [6, 6.07) is 9.47. The maximum Gasteiger partial charge on any atom is 0.319 e. The largest absolute Gasteiger partial charge is 0.335 e. The van der Waals surface area contributed by atoms with Crippen molar-refractivity contribution in [2.45, 2.75) is 25.2 Å². The summed E-state index contributed by atoms with van der Waals surface area (Å²) < 4.78 is 0. The molecule has 0 spiro atoms. The molecular weight excluding hydrogens is 268 g/mol. The van der Waals surface area contributed by atoms with E-state index in [0.29, 0.717) is 0 Å². The minimum atomic E-state index is -0.243. The molecule has 0 saturated carbocycles. The molecular formula is C15H20N4O2. The van der Waals surface area contributed by atoms with Gasteiger partial charge in [-0.05, 0) is 12.5 Å². The molecule has 6 heteroatoms. The van der Waals surface area contributed by atoms with E-state index < -0.39 is 0 Å². The molecule has 0 bridgehead atoms. The van der Waals surface area contributed by atoms with Crippen molar-refractivity contribution in [1.29, 1.82) is 0 Å². The summed E-state index contributed by atoms with van der Waals surface area (Å²) in [6.45, 7) is 1.99. The number of benzene rings is 1. The van der Waals surface area contributed by atoms with Crippen molar-refractivity contribution in [3.05, 3.63) is 35.9 Å². The number of carbonyl (C=O) groups excluding carboxylic acids is 2. The van der Waals surface area contributed by atoms with Crippen LogP contribution in [0.2, 0.25) is 0 Å². The number of rotatable bonds is 1. The van der Waals surface area contributed by atoms with Crippen LogP contribution in [-0.4, -0.2) is 48.2 Å². The van der Waals surface area contributed by atoms with Crippen molar-refractivity contribution in [3.8, 4) is 0 Å². The zero-order valence-electron chi connectivity index (χ0n) is 12.4. The Hall–Kier alpha value is -2.24. The Morgan fingerprint density at radius 3 is 2.14 bits per heavy atom. The molecule has 6 nitrogen and oxygen atoms in total. The SMILES string of the molecule is CC1NC(=O)N(C)C2C1C(c1ccccc1)NC(=O)N2C. The second-order valence-corrected chi connectivity index (χ2v) is 5.79. The van der Waals surface area contributed by atoms with Crippen LogP contribution in [0.3, 0.4) is 0 Å². The Bertz CT molecular complexity index is 558. The fraction of sp³-hybridized carbons (Fsp3) is 0.467. The van der Waals surface area contributed by atoms with Gasteiger partial charge in [-0.15, -0.1) is 0 Å². The Labute approximate surface area is 124 Å². The smallest absolute Gasteiger partial charge is 0.319 e. The second-order valence-electron chi connectivity index (χ2n) is 5.79. The molecule has 2 saturated heterocycles. The summed E-state index contributed by atoms with van der Waals surface area (Å²) in [7, 11) is 3.46. The molecule has 0 aromatic heterocycles. The first-order valence-corrected chi connectivity index (χ1v) is 7.12. The number of nitrogens with zero attached hydrogens (tertiary/aromatic N) is 2. The Kier molecular flexibility index (Phi) is 3.23. The number of nitrogens with one attached hydrogen (secondary N) is 2. The summed E-state index contributed by atoms with van der Waals surface area (Å²) in [4.78, 5) is 27.5. The van der Waals surface area contributed by atoms with Crippen molar-refractivity contribution in [2.24, 2.45) is 5.92 Å². The molecule has 4 amide bonds. The van der Waals surface area contributed by atoms with Gasteiger partial charge in [-0.3, -0.25) is 0 Å². The highest BCUT2D eigenvalue weighted by atomic mass is 16.2. The second kappa shape index (κ2) is 4.95. The van der Waals surface area contributed by atoms with E-state index in [4.69, 9.17) is 0 Å². The molecule has 0 radical (unpaired) electrons. The van der Waals surface area contributed by atoms with Crippen LogP contribution in [0.5, 0.6) is 0 Å². The molecule has 2 aliphatic heterocycles. The number of hydrogen-bond donors (Lipinski definition) is 2. The topological polar surface area (TPSA) is 64.7 Å². The average molecular weight is 288 g/mol. The summed E-state index contributed by atoms with van der Waals surface area (Å²) >= 11 is 0. The molecule has 2 heterocycles. The van der Waals surface area contributed by atoms with Crippen LogP contribution >= 0.6 is 0 Å². The quantitative estimate of drug-likeness (QED) is 0.819. The minimum absolute atomic E-state index is 0.0213. The Morgan fingerprint density at radius 2 is 1.52 bits per heavy atom. The molecule has 112 valence electrons. The van der Waals surface area contributed by atoms with Gasteiger partial charge in [-0.2, -0.15) is 0 Å². The first-order valence-electron chi connectivity index (χ1n) is 7.12. The van der Waals surface area contributed by atoms with Gasteiger partial charge in [0.05, 0.1) is 6.04 Å². The van der Waals surface area contributed by atoms with Crippen LogP contribution in [0.4, 0.5) is 9.59 Å². The summed E-state index contributed by atoms with van der Waals surface area (Å²) in [6.07, 6.45) is -0.243. The first kappa shape index (κ1) is 13.7. The molecule has 2 aliphatic rings. The number of carbonyl (C=O) groups is 2. The maximum atomic E-state index is 12.2. The predicted octanol–water partition coefficient (Wildman–Crippen LogP) is 1.37. The molecule has 1 aromatic rings. The van der Waals surface area contributed by atoms with Gasteiger partial charge in [0, 0.05) is 26.1 Å². The van der Waals surface area contributed by atoms with Gasteiger partial charge in [0.15, 0.2) is 0 Å². The summed E-state index contributed by atoms with van der Waals surface area (Å²) in [5.41, 5.74) is 1.06. The highest BCUT2D eigenvalue weighted by Crippen LogP contribution is 2.36. The van der Waals surface area contributed by atoms with Crippen LogP contribution < -0.4 is 10.6 Å². The predicted molar refractivity (Wildman–Crippen MR) is 78.5 cm³/mol. The van der Waals surface area contributed by atoms with Crippen molar-refractivity contribution in [3.63, 3.8) is 0 Å². The van der Waals surface area contributed by atoms with Gasteiger partial charge in [0.25, 0.3) is 0 Å². The van der Waals surface area contributed by atoms with Crippen molar-refractivity contribution >= 4 is 12.1 Å². The Morgan fingerprint density at radius 1 is 0.952 bits per heavy atom. The molecule has 4 atom stereocenters. The van der Waals surface area contributed by atoms with Crippen LogP contribution in [-0.2, 0) is 0 Å². The number of hydrogen-bond acceptors (Lipinski definition) is 2. The summed E-state index contributed by atoms with van der Waals surface area (Å²) in [5.74, 6) is 0.0813.